The van der Waals surface area contributed by atoms with E-state index in [2.05, 4.69) is 15.3 Å². The lowest BCUT2D eigenvalue weighted by Gasteiger charge is -2.02. The van der Waals surface area contributed by atoms with E-state index in [4.69, 9.17) is 0 Å². The van der Waals surface area contributed by atoms with Gasteiger partial charge >= 0.3 is 0 Å². The van der Waals surface area contributed by atoms with Crippen LogP contribution in [0.3, 0.4) is 0 Å². The first-order valence-electron chi connectivity index (χ1n) is 6.31. The second-order valence-electron chi connectivity index (χ2n) is 4.71. The van der Waals surface area contributed by atoms with Crippen molar-refractivity contribution in [3.8, 4) is 0 Å². The number of nitro benzene ring substituents is 1. The summed E-state index contributed by atoms with van der Waals surface area (Å²) in [6.07, 6.45) is 0. The van der Waals surface area contributed by atoms with Crippen molar-refractivity contribution in [3.05, 3.63) is 45.8 Å². The van der Waals surface area contributed by atoms with Crippen molar-refractivity contribution in [2.75, 3.05) is 7.05 Å². The molecule has 0 atom stereocenters. The van der Waals surface area contributed by atoms with Crippen LogP contribution in [-0.4, -0.2) is 27.8 Å². The molecule has 21 heavy (non-hydrogen) atoms. The van der Waals surface area contributed by atoms with Gasteiger partial charge in [-0.3, -0.25) is 14.9 Å². The van der Waals surface area contributed by atoms with Gasteiger partial charge in [-0.1, -0.05) is 0 Å². The van der Waals surface area contributed by atoms with Gasteiger partial charge in [-0.2, -0.15) is 0 Å². The number of amides is 1. The van der Waals surface area contributed by atoms with Gasteiger partial charge in [0, 0.05) is 35.5 Å². The van der Waals surface area contributed by atoms with E-state index in [1.165, 1.54) is 19.2 Å². The number of pyridine rings is 1. The predicted octanol–water partition coefficient (Wildman–Crippen LogP) is 2.29. The lowest BCUT2D eigenvalue weighted by molar-refractivity contribution is -0.384. The number of aromatic amines is 1. The molecule has 0 aliphatic heterocycles. The molecule has 3 aromatic rings. The Balaban J connectivity index is 2.37. The number of aromatic nitrogens is 2. The van der Waals surface area contributed by atoms with Crippen LogP contribution in [0, 0.1) is 17.0 Å². The van der Waals surface area contributed by atoms with E-state index in [0.717, 1.165) is 16.4 Å². The number of non-ortho nitro benzene ring substituents is 1. The number of aryl methyl sites for hydroxylation is 1. The maximum Gasteiger partial charge on any atom is 0.270 e. The van der Waals surface area contributed by atoms with Gasteiger partial charge < -0.3 is 10.3 Å². The number of rotatable bonds is 2. The lowest BCUT2D eigenvalue weighted by atomic mass is 10.1. The van der Waals surface area contributed by atoms with Gasteiger partial charge in [0.1, 0.15) is 5.69 Å². The van der Waals surface area contributed by atoms with Gasteiger partial charge in [-0.15, -0.1) is 0 Å². The molecule has 3 rings (SSSR count). The quantitative estimate of drug-likeness (QED) is 0.556. The SMILES string of the molecule is CNC(=O)c1cc2c([nH]c3ccc([N+](=O)[O-])cc32)c(C)n1. The fourth-order valence-corrected chi connectivity index (χ4v) is 2.40. The van der Waals surface area contributed by atoms with Crippen molar-refractivity contribution in [2.24, 2.45) is 0 Å². The fourth-order valence-electron chi connectivity index (χ4n) is 2.40. The number of hydrogen-bond donors (Lipinski definition) is 2. The second-order valence-corrected chi connectivity index (χ2v) is 4.71. The Morgan fingerprint density at radius 2 is 2.10 bits per heavy atom. The second kappa shape index (κ2) is 4.55. The van der Waals surface area contributed by atoms with Crippen molar-refractivity contribution < 1.29 is 9.72 Å². The van der Waals surface area contributed by atoms with E-state index < -0.39 is 4.92 Å². The highest BCUT2D eigenvalue weighted by atomic mass is 16.6. The largest absolute Gasteiger partial charge is 0.354 e. The molecule has 7 heteroatoms. The summed E-state index contributed by atoms with van der Waals surface area (Å²) in [4.78, 5) is 29.6. The minimum atomic E-state index is -0.439. The summed E-state index contributed by atoms with van der Waals surface area (Å²) in [5.41, 5.74) is 2.52. The molecule has 106 valence electrons. The first-order valence-corrected chi connectivity index (χ1v) is 6.31. The molecule has 2 aromatic heterocycles. The highest BCUT2D eigenvalue weighted by Crippen LogP contribution is 2.30. The zero-order valence-electron chi connectivity index (χ0n) is 11.4. The Morgan fingerprint density at radius 1 is 1.33 bits per heavy atom. The molecule has 0 bridgehead atoms. The average Bonchev–Trinajstić information content (AvgIpc) is 2.84. The van der Waals surface area contributed by atoms with E-state index in [0.29, 0.717) is 11.1 Å². The number of hydrogen-bond acceptors (Lipinski definition) is 4. The lowest BCUT2D eigenvalue weighted by Crippen LogP contribution is -2.19. The highest BCUT2D eigenvalue weighted by Gasteiger charge is 2.15. The summed E-state index contributed by atoms with van der Waals surface area (Å²) in [6, 6.07) is 6.25. The first kappa shape index (κ1) is 13.0. The summed E-state index contributed by atoms with van der Waals surface area (Å²) in [7, 11) is 1.53. The summed E-state index contributed by atoms with van der Waals surface area (Å²) in [5, 5.41) is 14.9. The van der Waals surface area contributed by atoms with Crippen molar-refractivity contribution in [1.82, 2.24) is 15.3 Å². The molecule has 0 spiro atoms. The zero-order chi connectivity index (χ0) is 15.1. The van der Waals surface area contributed by atoms with Crippen LogP contribution in [0.2, 0.25) is 0 Å². The van der Waals surface area contributed by atoms with Gasteiger partial charge in [-0.05, 0) is 19.1 Å². The molecule has 0 fully saturated rings. The maximum absolute atomic E-state index is 11.8. The summed E-state index contributed by atoms with van der Waals surface area (Å²) >= 11 is 0. The van der Waals surface area contributed by atoms with Crippen LogP contribution in [0.15, 0.2) is 24.3 Å². The van der Waals surface area contributed by atoms with Gasteiger partial charge in [0.05, 0.1) is 16.1 Å². The number of carbonyl (C=O) groups excluding carboxylic acids is 1. The van der Waals surface area contributed by atoms with E-state index in [9.17, 15) is 14.9 Å². The molecular weight excluding hydrogens is 272 g/mol. The minimum absolute atomic E-state index is 0.0133. The van der Waals surface area contributed by atoms with Crippen LogP contribution in [0.5, 0.6) is 0 Å². The Morgan fingerprint density at radius 3 is 2.76 bits per heavy atom. The highest BCUT2D eigenvalue weighted by molar-refractivity contribution is 6.10. The van der Waals surface area contributed by atoms with Crippen LogP contribution in [0.4, 0.5) is 5.69 Å². The molecule has 1 aromatic carbocycles. The molecule has 2 heterocycles. The fraction of sp³-hybridized carbons (Fsp3) is 0.143. The number of nitro groups is 1. The molecule has 1 amide bonds. The monoisotopic (exact) mass is 284 g/mol. The number of benzene rings is 1. The molecule has 0 saturated heterocycles. The summed E-state index contributed by atoms with van der Waals surface area (Å²) < 4.78 is 0. The molecule has 0 saturated carbocycles. The van der Waals surface area contributed by atoms with Crippen molar-refractivity contribution in [1.29, 1.82) is 0 Å². The Bertz CT molecular complexity index is 898. The van der Waals surface area contributed by atoms with Crippen molar-refractivity contribution >= 4 is 33.4 Å². The molecular formula is C14H12N4O3. The maximum atomic E-state index is 11.8. The van der Waals surface area contributed by atoms with Crippen molar-refractivity contribution in [2.45, 2.75) is 6.92 Å². The molecule has 0 aliphatic carbocycles. The number of nitrogens with one attached hydrogen (secondary N) is 2. The Kier molecular flexibility index (Phi) is 2.83. The van der Waals surface area contributed by atoms with Gasteiger partial charge in [0.15, 0.2) is 0 Å². The number of nitrogens with zero attached hydrogens (tertiary/aromatic N) is 2. The van der Waals surface area contributed by atoms with Gasteiger partial charge in [0.2, 0.25) is 0 Å². The van der Waals surface area contributed by atoms with E-state index >= 15 is 0 Å². The van der Waals surface area contributed by atoms with Crippen LogP contribution in [0.1, 0.15) is 16.2 Å². The smallest absolute Gasteiger partial charge is 0.270 e. The number of fused-ring (bicyclic) bond motifs is 3. The minimum Gasteiger partial charge on any atom is -0.354 e. The third-order valence-corrected chi connectivity index (χ3v) is 3.42. The molecule has 0 radical (unpaired) electrons. The zero-order valence-corrected chi connectivity index (χ0v) is 11.4. The normalized spacial score (nSPS) is 11.0. The average molecular weight is 284 g/mol. The number of carbonyl (C=O) groups is 1. The van der Waals surface area contributed by atoms with E-state index in [-0.39, 0.29) is 17.3 Å². The van der Waals surface area contributed by atoms with Gasteiger partial charge in [0.25, 0.3) is 11.6 Å². The predicted molar refractivity (Wildman–Crippen MR) is 78.4 cm³/mol. The van der Waals surface area contributed by atoms with Crippen molar-refractivity contribution in [3.63, 3.8) is 0 Å². The van der Waals surface area contributed by atoms with Crippen LogP contribution in [-0.2, 0) is 0 Å². The molecule has 2 N–H and O–H groups in total. The molecule has 0 unspecified atom stereocenters. The number of H-pyrrole nitrogens is 1. The summed E-state index contributed by atoms with van der Waals surface area (Å²) in [5.74, 6) is -0.292. The third kappa shape index (κ3) is 1.99. The van der Waals surface area contributed by atoms with E-state index in [1.807, 2.05) is 0 Å². The van der Waals surface area contributed by atoms with Crippen LogP contribution < -0.4 is 5.32 Å². The first-order chi connectivity index (χ1) is 10.0. The van der Waals surface area contributed by atoms with Gasteiger partial charge in [-0.25, -0.2) is 4.98 Å². The molecule has 0 aliphatic rings. The third-order valence-electron chi connectivity index (χ3n) is 3.42. The Hall–Kier alpha value is -2.96. The van der Waals surface area contributed by atoms with Crippen LogP contribution in [0.25, 0.3) is 21.8 Å². The van der Waals surface area contributed by atoms with Crippen LogP contribution >= 0.6 is 0 Å². The molecule has 7 nitrogen and oxygen atoms in total. The summed E-state index contributed by atoms with van der Waals surface area (Å²) in [6.45, 7) is 1.79. The standard InChI is InChI=1S/C14H12N4O3/c1-7-13-10(6-12(16-7)14(19)15-2)9-5-8(18(20)21)3-4-11(9)17-13/h3-6,17H,1-2H3,(H,15,19). The van der Waals surface area contributed by atoms with E-state index in [1.54, 1.807) is 19.1 Å². The Labute approximate surface area is 119 Å². The topological polar surface area (TPSA) is 101 Å².